The van der Waals surface area contributed by atoms with Gasteiger partial charge in [-0.2, -0.15) is 0 Å². The van der Waals surface area contributed by atoms with Crippen LogP contribution in [0, 0.1) is 5.92 Å². The normalized spacial score (nSPS) is 17.7. The first-order valence-electron chi connectivity index (χ1n) is 36.3. The number of benzene rings is 3. The lowest BCUT2D eigenvalue weighted by molar-refractivity contribution is -0.157. The van der Waals surface area contributed by atoms with Crippen molar-refractivity contribution in [3.8, 4) is 5.75 Å². The molecule has 35 nitrogen and oxygen atoms in total. The molecule has 0 aliphatic carbocycles. The summed E-state index contributed by atoms with van der Waals surface area (Å²) in [6.45, 7) is 4.35. The standard InChI is InChI=1S/C73H104N18O17/c1-5-7-8-23-59(95)83-56(34-58(77)94)69(103)87-53(31-42-24-26-45(93)27-25-42)67(101)89-54(32-43-35-78-48-18-11-9-16-46(43)48)68(102)86-52(22-15-30-76)66(100)85-50(20-13-28-74)64(98)80-37-60(96)82-51(21-14-29-75)65(99)88-55(33-44-36-79-49-19-12-10-17-47(44)49)70(104)91-63-41(4)108-73(107)57(39-92)84-61(97)38-81-71(105)62(40(3)6-2)90-72(63)106/h9-12,16-19,24-27,35-36,40-41,50-57,62-63,78-79,92-93H,5-8,13-15,20-23,28-34,37-39,74-76H2,1-4H3,(H2,77,94)(H,80,98)(H,81,105)(H,82,96)(H,83,95)(H,84,97)(H,85,100)(H,86,102)(H,87,103)(H,88,99)(H,89,101)(H,90,106)(H,91,104)/t40-,41+,50-,51+,52+,53+,54+,55-,56+,57-,62-,63-/m0/s1. The van der Waals surface area contributed by atoms with Gasteiger partial charge in [0.05, 0.1) is 26.1 Å². The second-order valence-corrected chi connectivity index (χ2v) is 26.7. The van der Waals surface area contributed by atoms with Crippen molar-refractivity contribution in [1.82, 2.24) is 73.8 Å². The number of carbonyl (C=O) groups is 14. The second kappa shape index (κ2) is 43.5. The van der Waals surface area contributed by atoms with Crippen LogP contribution in [-0.2, 0) is 91.1 Å². The predicted molar refractivity (Wildman–Crippen MR) is 396 cm³/mol. The quantitative estimate of drug-likeness (QED) is 0.0138. The third-order valence-electron chi connectivity index (χ3n) is 18.3. The number of rotatable bonds is 41. The molecule has 0 spiro atoms. The molecular formula is C73H104N18O17. The van der Waals surface area contributed by atoms with Crippen LogP contribution >= 0.6 is 0 Å². The highest BCUT2D eigenvalue weighted by Crippen LogP contribution is 2.23. The summed E-state index contributed by atoms with van der Waals surface area (Å²) in [5.74, 6) is -13.3. The van der Waals surface area contributed by atoms with E-state index >= 15 is 0 Å². The van der Waals surface area contributed by atoms with Gasteiger partial charge in [0.2, 0.25) is 76.8 Å². The van der Waals surface area contributed by atoms with E-state index in [1.54, 1.807) is 74.8 Å². The van der Waals surface area contributed by atoms with E-state index in [1.165, 1.54) is 31.2 Å². The fourth-order valence-corrected chi connectivity index (χ4v) is 12.0. The van der Waals surface area contributed by atoms with E-state index in [0.717, 1.165) is 12.8 Å². The number of phenols is 1. The number of aromatic hydroxyl groups is 1. The summed E-state index contributed by atoms with van der Waals surface area (Å²) >= 11 is 0. The smallest absolute Gasteiger partial charge is 0.331 e. The molecule has 5 aromatic rings. The Hall–Kier alpha value is -11.0. The lowest BCUT2D eigenvalue weighted by atomic mass is 9.97. The van der Waals surface area contributed by atoms with Gasteiger partial charge in [0.25, 0.3) is 0 Å². The molecule has 3 heterocycles. The highest BCUT2D eigenvalue weighted by Gasteiger charge is 2.40. The predicted octanol–water partition coefficient (Wildman–Crippen LogP) is -2.88. The molecule has 1 fully saturated rings. The number of nitrogens with two attached hydrogens (primary N) is 4. The molecule has 1 aliphatic heterocycles. The van der Waals surface area contributed by atoms with Gasteiger partial charge < -0.3 is 112 Å². The molecule has 0 saturated carbocycles. The number of aromatic amines is 2. The van der Waals surface area contributed by atoms with Crippen LogP contribution in [0.5, 0.6) is 5.75 Å². The van der Waals surface area contributed by atoms with Crippen molar-refractivity contribution in [3.63, 3.8) is 0 Å². The summed E-state index contributed by atoms with van der Waals surface area (Å²) < 4.78 is 5.56. The van der Waals surface area contributed by atoms with Gasteiger partial charge in [0, 0.05) is 59.9 Å². The number of ether oxygens (including phenoxy) is 1. The van der Waals surface area contributed by atoms with E-state index in [-0.39, 0.29) is 89.6 Å². The first kappa shape index (κ1) is 85.9. The lowest BCUT2D eigenvalue weighted by Crippen LogP contribution is -2.62. The zero-order chi connectivity index (χ0) is 79.0. The average Bonchev–Trinajstić information content (AvgIpc) is 1.60. The molecule has 12 atom stereocenters. The number of aliphatic hydroxyl groups is 1. The first-order chi connectivity index (χ1) is 51.7. The summed E-state index contributed by atoms with van der Waals surface area (Å²) in [7, 11) is 0. The third kappa shape index (κ3) is 26.5. The molecule has 24 N–H and O–H groups in total. The fraction of sp³-hybridized carbons (Fsp3) is 0.507. The number of aromatic nitrogens is 2. The van der Waals surface area contributed by atoms with Crippen molar-refractivity contribution >= 4 is 105 Å². The number of esters is 1. The maximum atomic E-state index is 14.9. The van der Waals surface area contributed by atoms with Crippen molar-refractivity contribution in [1.29, 1.82) is 0 Å². The number of nitrogens with one attached hydrogen (secondary N) is 14. The van der Waals surface area contributed by atoms with Gasteiger partial charge in [-0.1, -0.05) is 88.6 Å². The van der Waals surface area contributed by atoms with Crippen LogP contribution in [0.15, 0.2) is 85.2 Å². The number of para-hydroxylation sites is 2. The molecule has 0 bridgehead atoms. The van der Waals surface area contributed by atoms with Crippen molar-refractivity contribution in [2.45, 2.75) is 191 Å². The Morgan fingerprint density at radius 3 is 1.56 bits per heavy atom. The van der Waals surface area contributed by atoms with Gasteiger partial charge in [-0.25, -0.2) is 4.79 Å². The highest BCUT2D eigenvalue weighted by atomic mass is 16.5. The molecule has 1 aliphatic rings. The first-order valence-corrected chi connectivity index (χ1v) is 36.3. The largest absolute Gasteiger partial charge is 0.508 e. The average molecular weight is 1510 g/mol. The number of primary amides is 1. The van der Waals surface area contributed by atoms with Crippen molar-refractivity contribution in [2.24, 2.45) is 28.9 Å². The number of unbranched alkanes of at least 4 members (excludes halogenated alkanes) is 2. The Labute approximate surface area is 624 Å². The maximum absolute atomic E-state index is 14.9. The Morgan fingerprint density at radius 2 is 1.05 bits per heavy atom. The molecule has 108 heavy (non-hydrogen) atoms. The van der Waals surface area contributed by atoms with Gasteiger partial charge in [-0.15, -0.1) is 0 Å². The molecule has 0 unspecified atom stereocenters. The number of hydrogen-bond donors (Lipinski definition) is 20. The second-order valence-electron chi connectivity index (χ2n) is 26.7. The minimum absolute atomic E-state index is 0.0276. The molecular weight excluding hydrogens is 1400 g/mol. The van der Waals surface area contributed by atoms with E-state index in [0.29, 0.717) is 51.3 Å². The van der Waals surface area contributed by atoms with Crippen LogP contribution in [0.4, 0.5) is 0 Å². The minimum atomic E-state index is -1.79. The van der Waals surface area contributed by atoms with Gasteiger partial charge in [0.15, 0.2) is 6.04 Å². The number of aliphatic hydroxyl groups excluding tert-OH is 1. The number of H-pyrrole nitrogens is 2. The van der Waals surface area contributed by atoms with Crippen LogP contribution in [-0.4, -0.2) is 209 Å². The van der Waals surface area contributed by atoms with Crippen LogP contribution in [0.3, 0.4) is 0 Å². The number of cyclic esters (lactones) is 1. The maximum Gasteiger partial charge on any atom is 0.331 e. The number of carbonyl (C=O) groups excluding carboxylic acids is 14. The Balaban J connectivity index is 1.22. The summed E-state index contributed by atoms with van der Waals surface area (Å²) in [6.07, 6.45) is 2.92. The van der Waals surface area contributed by atoms with Crippen molar-refractivity contribution in [2.75, 3.05) is 39.3 Å². The molecule has 2 aromatic heterocycles. The Morgan fingerprint density at radius 1 is 0.565 bits per heavy atom. The SMILES string of the molecule is CCCCCC(=O)N[C@H](CC(N)=O)C(=O)N[C@H](Cc1ccc(O)cc1)C(=O)N[C@H](Cc1c[nH]c2ccccc12)C(=O)N[C@H](CCCN)C(=O)N[C@@H](CCCN)C(=O)NCC(=O)N[C@H](CCCN)C(=O)N[C@@H](Cc1c[nH]c2ccccc12)C(=O)N[C@@H]1C(=O)N[C@@H]([C@@H](C)CC)C(=O)NCC(=O)N[C@@H](CO)C(=O)O[C@@H]1C. The van der Waals surface area contributed by atoms with Crippen molar-refractivity contribution in [3.05, 3.63) is 102 Å². The topological polar surface area (TPSA) is 569 Å². The van der Waals surface area contributed by atoms with Crippen LogP contribution in [0.2, 0.25) is 0 Å². The van der Waals surface area contributed by atoms with Crippen LogP contribution < -0.4 is 86.7 Å². The number of amides is 13. The molecule has 588 valence electrons. The molecule has 3 aromatic carbocycles. The van der Waals surface area contributed by atoms with Crippen molar-refractivity contribution < 1.29 is 82.1 Å². The van der Waals surface area contributed by atoms with Gasteiger partial charge >= 0.3 is 5.97 Å². The third-order valence-corrected chi connectivity index (χ3v) is 18.3. The van der Waals surface area contributed by atoms with Gasteiger partial charge in [-0.3, -0.25) is 62.3 Å². The molecule has 13 amide bonds. The number of fused-ring (bicyclic) bond motifs is 2. The van der Waals surface area contributed by atoms with Gasteiger partial charge in [-0.05, 0) is 118 Å². The minimum Gasteiger partial charge on any atom is -0.508 e. The highest BCUT2D eigenvalue weighted by molar-refractivity contribution is 6.01. The Bertz CT molecular complexity index is 3920. The Kier molecular flexibility index (Phi) is 34.6. The monoisotopic (exact) mass is 1500 g/mol. The van der Waals surface area contributed by atoms with Crippen LogP contribution in [0.25, 0.3) is 21.8 Å². The molecule has 35 heteroatoms. The summed E-state index contributed by atoms with van der Waals surface area (Å²) in [6, 6.07) is 4.76. The van der Waals surface area contributed by atoms with E-state index < -0.39 is 181 Å². The number of phenolic OH excluding ortho intramolecular Hbond substituents is 1. The molecule has 6 rings (SSSR count). The number of hydrogen-bond acceptors (Lipinski definition) is 20. The summed E-state index contributed by atoms with van der Waals surface area (Å²) in [4.78, 5) is 202. The molecule has 1 saturated heterocycles. The molecule has 0 radical (unpaired) electrons. The van der Waals surface area contributed by atoms with E-state index in [9.17, 15) is 77.3 Å². The fourth-order valence-electron chi connectivity index (χ4n) is 12.0. The zero-order valence-electron chi connectivity index (χ0n) is 61.2. The van der Waals surface area contributed by atoms with E-state index in [4.69, 9.17) is 27.7 Å². The zero-order valence-corrected chi connectivity index (χ0v) is 61.2. The van der Waals surface area contributed by atoms with E-state index in [1.807, 2.05) is 6.92 Å². The van der Waals surface area contributed by atoms with Crippen LogP contribution in [0.1, 0.15) is 121 Å². The lowest BCUT2D eigenvalue weighted by Gasteiger charge is -2.30. The van der Waals surface area contributed by atoms with Gasteiger partial charge in [0.1, 0.15) is 66.2 Å². The summed E-state index contributed by atoms with van der Waals surface area (Å²) in [5.41, 5.74) is 26.1. The van der Waals surface area contributed by atoms with E-state index in [2.05, 4.69) is 73.8 Å². The summed E-state index contributed by atoms with van der Waals surface area (Å²) in [5, 5.41) is 52.4.